The second-order valence-corrected chi connectivity index (χ2v) is 4.52. The number of likely N-dealkylation sites (N-methyl/N-ethyl adjacent to an activating group) is 1. The van der Waals surface area contributed by atoms with Crippen LogP contribution in [-0.2, 0) is 9.53 Å². The molecular formula is C14H31N3O2. The molecule has 0 fully saturated rings. The van der Waals surface area contributed by atoms with Crippen molar-refractivity contribution < 1.29 is 9.53 Å². The van der Waals surface area contributed by atoms with E-state index in [1.165, 1.54) is 0 Å². The lowest BCUT2D eigenvalue weighted by molar-refractivity contribution is -0.130. The average molecular weight is 273 g/mol. The molecule has 5 heteroatoms. The molecule has 114 valence electrons. The molecule has 0 aliphatic rings. The molecule has 0 radical (unpaired) electrons. The minimum absolute atomic E-state index is 0.179. The molecule has 0 aliphatic heterocycles. The Bertz CT molecular complexity index is 221. The van der Waals surface area contributed by atoms with Crippen molar-refractivity contribution in [3.63, 3.8) is 0 Å². The Morgan fingerprint density at radius 2 is 1.79 bits per heavy atom. The summed E-state index contributed by atoms with van der Waals surface area (Å²) in [4.78, 5) is 16.3. The first-order valence-corrected chi connectivity index (χ1v) is 7.39. The minimum atomic E-state index is 0.179. The fourth-order valence-electron chi connectivity index (χ4n) is 1.97. The fourth-order valence-corrected chi connectivity index (χ4v) is 1.97. The zero-order valence-electron chi connectivity index (χ0n) is 13.1. The Kier molecular flexibility index (Phi) is 12.0. The van der Waals surface area contributed by atoms with Crippen molar-refractivity contribution in [2.75, 3.05) is 59.5 Å². The summed E-state index contributed by atoms with van der Waals surface area (Å²) in [6, 6.07) is 0. The molecule has 1 N–H and O–H groups in total. The molecule has 0 aromatic rings. The monoisotopic (exact) mass is 273 g/mol. The highest BCUT2D eigenvalue weighted by Crippen LogP contribution is 1.96. The molecule has 0 aromatic carbocycles. The van der Waals surface area contributed by atoms with Crippen molar-refractivity contribution in [2.45, 2.75) is 27.2 Å². The smallest absolute Gasteiger partial charge is 0.236 e. The van der Waals surface area contributed by atoms with E-state index < -0.39 is 0 Å². The Balaban J connectivity index is 3.82. The summed E-state index contributed by atoms with van der Waals surface area (Å²) in [5.41, 5.74) is 0. The lowest BCUT2D eigenvalue weighted by Gasteiger charge is -2.23. The molecule has 0 heterocycles. The predicted molar refractivity (Wildman–Crippen MR) is 79.4 cm³/mol. The molecule has 0 saturated carbocycles. The van der Waals surface area contributed by atoms with Crippen LogP contribution in [0.1, 0.15) is 27.2 Å². The maximum absolute atomic E-state index is 12.0. The second-order valence-electron chi connectivity index (χ2n) is 4.52. The van der Waals surface area contributed by atoms with Crippen LogP contribution in [0.4, 0.5) is 0 Å². The quantitative estimate of drug-likeness (QED) is 0.534. The summed E-state index contributed by atoms with van der Waals surface area (Å²) in [6.07, 6.45) is 1.04. The first-order valence-electron chi connectivity index (χ1n) is 7.39. The van der Waals surface area contributed by atoms with Crippen LogP contribution in [0.15, 0.2) is 0 Å². The summed E-state index contributed by atoms with van der Waals surface area (Å²) >= 11 is 0. The first-order chi connectivity index (χ1) is 9.19. The molecule has 0 atom stereocenters. The van der Waals surface area contributed by atoms with Crippen LogP contribution < -0.4 is 5.32 Å². The zero-order valence-corrected chi connectivity index (χ0v) is 13.1. The van der Waals surface area contributed by atoms with Gasteiger partial charge in [0.15, 0.2) is 0 Å². The van der Waals surface area contributed by atoms with Crippen molar-refractivity contribution in [1.29, 1.82) is 0 Å². The fraction of sp³-hybridized carbons (Fsp3) is 0.929. The highest BCUT2D eigenvalue weighted by atomic mass is 16.5. The highest BCUT2D eigenvalue weighted by Gasteiger charge is 2.10. The summed E-state index contributed by atoms with van der Waals surface area (Å²) in [7, 11) is 1.66. The number of nitrogens with one attached hydrogen (secondary N) is 1. The van der Waals surface area contributed by atoms with Gasteiger partial charge in [-0.05, 0) is 33.0 Å². The van der Waals surface area contributed by atoms with Crippen LogP contribution >= 0.6 is 0 Å². The van der Waals surface area contributed by atoms with Gasteiger partial charge in [-0.3, -0.25) is 4.79 Å². The lowest BCUT2D eigenvalue weighted by Crippen LogP contribution is -2.40. The number of carbonyl (C=O) groups excluding carboxylic acids is 1. The number of hydrogen-bond donors (Lipinski definition) is 1. The van der Waals surface area contributed by atoms with E-state index in [-0.39, 0.29) is 5.91 Å². The van der Waals surface area contributed by atoms with Gasteiger partial charge in [-0.25, -0.2) is 0 Å². The normalized spacial score (nSPS) is 11.0. The van der Waals surface area contributed by atoms with Crippen LogP contribution in [0.3, 0.4) is 0 Å². The Labute approximate surface area is 118 Å². The third-order valence-corrected chi connectivity index (χ3v) is 3.29. The minimum Gasteiger partial charge on any atom is -0.383 e. The molecule has 1 amide bonds. The largest absolute Gasteiger partial charge is 0.383 e. The van der Waals surface area contributed by atoms with E-state index in [1.807, 2.05) is 11.8 Å². The molecule has 0 aromatic heterocycles. The van der Waals surface area contributed by atoms with Gasteiger partial charge in [0.05, 0.1) is 13.2 Å². The van der Waals surface area contributed by atoms with E-state index in [1.54, 1.807) is 7.11 Å². The number of carbonyl (C=O) groups is 1. The van der Waals surface area contributed by atoms with E-state index in [0.717, 1.165) is 45.7 Å². The third kappa shape index (κ3) is 8.97. The molecule has 0 unspecified atom stereocenters. The second kappa shape index (κ2) is 12.4. The van der Waals surface area contributed by atoms with Gasteiger partial charge in [0.1, 0.15) is 0 Å². The van der Waals surface area contributed by atoms with E-state index in [4.69, 9.17) is 4.74 Å². The van der Waals surface area contributed by atoms with Gasteiger partial charge in [0.25, 0.3) is 0 Å². The summed E-state index contributed by atoms with van der Waals surface area (Å²) in [5.74, 6) is 0.179. The Hall–Kier alpha value is -0.650. The van der Waals surface area contributed by atoms with Gasteiger partial charge in [0.2, 0.25) is 5.91 Å². The van der Waals surface area contributed by atoms with E-state index >= 15 is 0 Å². The number of ether oxygens (including phenoxy) is 1. The van der Waals surface area contributed by atoms with Crippen LogP contribution in [0, 0.1) is 0 Å². The number of hydrogen-bond acceptors (Lipinski definition) is 4. The van der Waals surface area contributed by atoms with Crippen molar-refractivity contribution in [1.82, 2.24) is 15.1 Å². The van der Waals surface area contributed by atoms with Crippen LogP contribution in [-0.4, -0.2) is 75.2 Å². The van der Waals surface area contributed by atoms with Crippen molar-refractivity contribution >= 4 is 5.91 Å². The number of rotatable bonds is 12. The molecule has 0 aliphatic carbocycles. The van der Waals surface area contributed by atoms with E-state index in [0.29, 0.717) is 13.2 Å². The van der Waals surface area contributed by atoms with Crippen molar-refractivity contribution in [3.05, 3.63) is 0 Å². The van der Waals surface area contributed by atoms with Gasteiger partial charge in [-0.15, -0.1) is 0 Å². The Morgan fingerprint density at radius 1 is 1.11 bits per heavy atom. The summed E-state index contributed by atoms with van der Waals surface area (Å²) in [6.45, 7) is 13.0. The molecule has 19 heavy (non-hydrogen) atoms. The topological polar surface area (TPSA) is 44.8 Å². The first kappa shape index (κ1) is 18.4. The average Bonchev–Trinajstić information content (AvgIpc) is 2.44. The maximum atomic E-state index is 12.0. The molecule has 0 rings (SSSR count). The van der Waals surface area contributed by atoms with Crippen LogP contribution in [0.2, 0.25) is 0 Å². The molecule has 0 spiro atoms. The standard InChI is InChI=1S/C14H31N3O2/c1-5-16(6-2)10-8-11-17(7-3)14(18)13-15-9-12-19-4/h15H,5-13H2,1-4H3. The number of amides is 1. The van der Waals surface area contributed by atoms with Crippen molar-refractivity contribution in [2.24, 2.45) is 0 Å². The van der Waals surface area contributed by atoms with Gasteiger partial charge < -0.3 is 19.9 Å². The zero-order chi connectivity index (χ0) is 14.5. The molecule has 0 saturated heterocycles. The van der Waals surface area contributed by atoms with Gasteiger partial charge in [-0.2, -0.15) is 0 Å². The highest BCUT2D eigenvalue weighted by molar-refractivity contribution is 5.78. The molecule has 5 nitrogen and oxygen atoms in total. The lowest BCUT2D eigenvalue weighted by atomic mass is 10.3. The maximum Gasteiger partial charge on any atom is 0.236 e. The number of methoxy groups -OCH3 is 1. The van der Waals surface area contributed by atoms with Gasteiger partial charge in [0, 0.05) is 26.7 Å². The summed E-state index contributed by atoms with van der Waals surface area (Å²) < 4.78 is 4.93. The predicted octanol–water partition coefficient (Wildman–Crippen LogP) is 0.803. The van der Waals surface area contributed by atoms with E-state index in [2.05, 4.69) is 24.1 Å². The van der Waals surface area contributed by atoms with Gasteiger partial charge >= 0.3 is 0 Å². The molecular weight excluding hydrogens is 242 g/mol. The van der Waals surface area contributed by atoms with Gasteiger partial charge in [-0.1, -0.05) is 13.8 Å². The van der Waals surface area contributed by atoms with Crippen LogP contribution in [0.25, 0.3) is 0 Å². The third-order valence-electron chi connectivity index (χ3n) is 3.29. The molecule has 0 bridgehead atoms. The van der Waals surface area contributed by atoms with Crippen molar-refractivity contribution in [3.8, 4) is 0 Å². The summed E-state index contributed by atoms with van der Waals surface area (Å²) in [5, 5.41) is 3.10. The van der Waals surface area contributed by atoms with Crippen LogP contribution in [0.5, 0.6) is 0 Å². The van der Waals surface area contributed by atoms with E-state index in [9.17, 15) is 4.79 Å². The SMILES string of the molecule is CCN(CC)CCCN(CC)C(=O)CNCCOC. The number of nitrogens with zero attached hydrogens (tertiary/aromatic N) is 2. The Morgan fingerprint density at radius 3 is 2.32 bits per heavy atom.